The first-order valence-corrected chi connectivity index (χ1v) is 11.4. The third-order valence-electron chi connectivity index (χ3n) is 7.39. The number of nitrogens with zero attached hydrogens (tertiary/aromatic N) is 4. The van der Waals surface area contributed by atoms with Gasteiger partial charge >= 0.3 is 0 Å². The van der Waals surface area contributed by atoms with Gasteiger partial charge in [0.05, 0.1) is 0 Å². The number of rotatable bonds is 3. The predicted molar refractivity (Wildman–Crippen MR) is 112 cm³/mol. The number of likely N-dealkylation sites (tertiary alicyclic amines) is 2. The molecule has 5 rings (SSSR count). The lowest BCUT2D eigenvalue weighted by Crippen LogP contribution is -2.57. The van der Waals surface area contributed by atoms with Crippen LogP contribution in [0.25, 0.3) is 0 Å². The highest BCUT2D eigenvalue weighted by molar-refractivity contribution is 5.95. The van der Waals surface area contributed by atoms with E-state index >= 15 is 0 Å². The fourth-order valence-electron chi connectivity index (χ4n) is 5.63. The number of hydrogen-bond donors (Lipinski definition) is 0. The number of amides is 2. The molecule has 1 saturated carbocycles. The van der Waals surface area contributed by atoms with Crippen LogP contribution in [0.5, 0.6) is 0 Å². The summed E-state index contributed by atoms with van der Waals surface area (Å²) in [7, 11) is 0. The van der Waals surface area contributed by atoms with Crippen molar-refractivity contribution in [2.45, 2.75) is 76.4 Å². The smallest absolute Gasteiger partial charge is 0.254 e. The van der Waals surface area contributed by atoms with E-state index in [1.54, 1.807) is 6.20 Å². The second kappa shape index (κ2) is 7.62. The summed E-state index contributed by atoms with van der Waals surface area (Å²) in [5.74, 6) is 1.81. The van der Waals surface area contributed by atoms with Gasteiger partial charge in [0.2, 0.25) is 5.91 Å². The van der Waals surface area contributed by atoms with Crippen LogP contribution in [0.2, 0.25) is 0 Å². The van der Waals surface area contributed by atoms with Crippen molar-refractivity contribution in [1.29, 1.82) is 0 Å². The Kier molecular flexibility index (Phi) is 4.96. The zero-order valence-corrected chi connectivity index (χ0v) is 17.4. The van der Waals surface area contributed by atoms with Crippen LogP contribution in [-0.4, -0.2) is 64.4 Å². The van der Waals surface area contributed by atoms with E-state index in [9.17, 15) is 9.59 Å². The van der Waals surface area contributed by atoms with Crippen LogP contribution in [-0.2, 0) is 4.79 Å². The first kappa shape index (κ1) is 18.9. The summed E-state index contributed by atoms with van der Waals surface area (Å²) in [4.78, 5) is 36.8. The van der Waals surface area contributed by atoms with Crippen molar-refractivity contribution >= 4 is 17.6 Å². The third-order valence-corrected chi connectivity index (χ3v) is 7.39. The van der Waals surface area contributed by atoms with Crippen molar-refractivity contribution < 1.29 is 9.59 Å². The van der Waals surface area contributed by atoms with Crippen molar-refractivity contribution in [2.24, 2.45) is 5.92 Å². The number of aromatic nitrogens is 1. The minimum Gasteiger partial charge on any atom is -0.354 e. The summed E-state index contributed by atoms with van der Waals surface area (Å²) < 4.78 is 0. The van der Waals surface area contributed by atoms with Gasteiger partial charge in [0.15, 0.2) is 0 Å². The number of carbonyl (C=O) groups is 2. The molecule has 0 spiro atoms. The third kappa shape index (κ3) is 3.62. The second-order valence-corrected chi connectivity index (χ2v) is 9.38. The van der Waals surface area contributed by atoms with Crippen molar-refractivity contribution in [3.05, 3.63) is 23.9 Å². The van der Waals surface area contributed by atoms with Gasteiger partial charge in [-0.1, -0.05) is 0 Å². The first-order chi connectivity index (χ1) is 14.1. The highest BCUT2D eigenvalue weighted by Gasteiger charge is 2.45. The Morgan fingerprint density at radius 3 is 2.76 bits per heavy atom. The fraction of sp³-hybridized carbons (Fsp3) is 0.696. The second-order valence-electron chi connectivity index (χ2n) is 9.38. The summed E-state index contributed by atoms with van der Waals surface area (Å²) in [6, 6.07) is 5.14. The monoisotopic (exact) mass is 396 g/mol. The summed E-state index contributed by atoms with van der Waals surface area (Å²) in [6.07, 6.45) is 10.2. The fourth-order valence-corrected chi connectivity index (χ4v) is 5.63. The van der Waals surface area contributed by atoms with E-state index in [4.69, 9.17) is 0 Å². The van der Waals surface area contributed by atoms with Gasteiger partial charge in [0.1, 0.15) is 5.82 Å². The highest BCUT2D eigenvalue weighted by Crippen LogP contribution is 2.39. The zero-order chi connectivity index (χ0) is 20.0. The molecule has 3 atom stereocenters. The molecule has 4 heterocycles. The van der Waals surface area contributed by atoms with E-state index < -0.39 is 0 Å². The number of fused-ring (bicyclic) bond motifs is 1. The molecule has 0 bridgehead atoms. The van der Waals surface area contributed by atoms with Crippen molar-refractivity contribution in [1.82, 2.24) is 14.8 Å². The van der Waals surface area contributed by atoms with E-state index in [1.807, 2.05) is 17.0 Å². The molecule has 3 saturated heterocycles. The lowest BCUT2D eigenvalue weighted by molar-refractivity contribution is -0.141. The highest BCUT2D eigenvalue weighted by atomic mass is 16.2. The van der Waals surface area contributed by atoms with Crippen LogP contribution in [0.15, 0.2) is 18.3 Å². The maximum Gasteiger partial charge on any atom is 0.254 e. The van der Waals surface area contributed by atoms with Gasteiger partial charge < -0.3 is 14.7 Å². The van der Waals surface area contributed by atoms with Gasteiger partial charge in [0, 0.05) is 55.9 Å². The molecular formula is C23H32N4O2. The minimum atomic E-state index is 0.117. The van der Waals surface area contributed by atoms with Crippen molar-refractivity contribution in [2.75, 3.05) is 24.5 Å². The molecule has 1 aliphatic carbocycles. The first-order valence-electron chi connectivity index (χ1n) is 11.4. The maximum atomic E-state index is 13.3. The average molecular weight is 397 g/mol. The van der Waals surface area contributed by atoms with E-state index in [1.165, 1.54) is 19.3 Å². The Balaban J connectivity index is 1.29. The van der Waals surface area contributed by atoms with Gasteiger partial charge in [-0.3, -0.25) is 9.59 Å². The van der Waals surface area contributed by atoms with Gasteiger partial charge in [-0.25, -0.2) is 4.98 Å². The van der Waals surface area contributed by atoms with Gasteiger partial charge in [-0.2, -0.15) is 0 Å². The van der Waals surface area contributed by atoms with Crippen LogP contribution >= 0.6 is 0 Å². The topological polar surface area (TPSA) is 56.8 Å². The Morgan fingerprint density at radius 1 is 1.10 bits per heavy atom. The van der Waals surface area contributed by atoms with E-state index in [2.05, 4.69) is 21.7 Å². The molecule has 0 N–H and O–H groups in total. The summed E-state index contributed by atoms with van der Waals surface area (Å²) in [5.41, 5.74) is 0.747. The lowest BCUT2D eigenvalue weighted by atomic mass is 9.83. The molecule has 1 aromatic rings. The number of piperidine rings is 3. The van der Waals surface area contributed by atoms with Crippen LogP contribution < -0.4 is 4.90 Å². The molecule has 156 valence electrons. The van der Waals surface area contributed by atoms with E-state index in [-0.39, 0.29) is 5.91 Å². The number of anilines is 1. The van der Waals surface area contributed by atoms with Crippen molar-refractivity contribution in [3.63, 3.8) is 0 Å². The normalized spacial score (nSPS) is 30.3. The van der Waals surface area contributed by atoms with Crippen molar-refractivity contribution in [3.8, 4) is 0 Å². The number of hydrogen-bond acceptors (Lipinski definition) is 4. The van der Waals surface area contributed by atoms with Crippen LogP contribution in [0.4, 0.5) is 5.82 Å². The Hall–Kier alpha value is -2.11. The predicted octanol–water partition coefficient (Wildman–Crippen LogP) is 3.08. The standard InChI is InChI=1S/C23H32N4O2/c1-16-4-2-3-12-26(16)21-14-17(9-11-24-21)23(29)25-13-10-20-18(15-25)5-8-22(28)27(20)19-6-7-19/h9,11,14,16,18-20H,2-8,10,12-13,15H2,1H3/t16-,18-,20-/m1/s1. The van der Waals surface area contributed by atoms with Crippen LogP contribution in [0.1, 0.15) is 68.6 Å². The minimum absolute atomic E-state index is 0.117. The largest absolute Gasteiger partial charge is 0.354 e. The molecule has 4 fully saturated rings. The lowest BCUT2D eigenvalue weighted by Gasteiger charge is -2.47. The van der Waals surface area contributed by atoms with Crippen LogP contribution in [0.3, 0.4) is 0 Å². The Morgan fingerprint density at radius 2 is 1.97 bits per heavy atom. The SMILES string of the molecule is C[C@@H]1CCCCN1c1cc(C(=O)N2CC[C@@H]3[C@H](CCC(=O)N3C3CC3)C2)ccn1. The maximum absolute atomic E-state index is 13.3. The molecular weight excluding hydrogens is 364 g/mol. The van der Waals surface area contributed by atoms with Crippen LogP contribution in [0, 0.1) is 5.92 Å². The quantitative estimate of drug-likeness (QED) is 0.788. The summed E-state index contributed by atoms with van der Waals surface area (Å²) in [5, 5.41) is 0. The number of carbonyl (C=O) groups excluding carboxylic acids is 2. The van der Waals surface area contributed by atoms with Gasteiger partial charge in [-0.15, -0.1) is 0 Å². The molecule has 2 amide bonds. The molecule has 0 radical (unpaired) electrons. The van der Waals surface area contributed by atoms with Gasteiger partial charge in [0.25, 0.3) is 5.91 Å². The summed E-state index contributed by atoms with van der Waals surface area (Å²) >= 11 is 0. The molecule has 3 aliphatic heterocycles. The van der Waals surface area contributed by atoms with Gasteiger partial charge in [-0.05, 0) is 69.9 Å². The molecule has 6 nitrogen and oxygen atoms in total. The Labute approximate surface area is 173 Å². The summed E-state index contributed by atoms with van der Waals surface area (Å²) in [6.45, 7) is 4.78. The molecule has 4 aliphatic rings. The molecule has 29 heavy (non-hydrogen) atoms. The molecule has 1 aromatic heterocycles. The van der Waals surface area contributed by atoms with E-state index in [0.717, 1.165) is 56.7 Å². The number of pyridine rings is 1. The molecule has 6 heteroatoms. The average Bonchev–Trinajstić information content (AvgIpc) is 3.58. The van der Waals surface area contributed by atoms with E-state index in [0.29, 0.717) is 36.4 Å². The molecule has 0 aromatic carbocycles. The Bertz CT molecular complexity index is 793. The molecule has 0 unspecified atom stereocenters. The zero-order valence-electron chi connectivity index (χ0n) is 17.4.